The van der Waals surface area contributed by atoms with Crippen molar-refractivity contribution in [3.05, 3.63) is 67.8 Å². The summed E-state index contributed by atoms with van der Waals surface area (Å²) >= 11 is 2.17. The van der Waals surface area contributed by atoms with Gasteiger partial charge in [-0.3, -0.25) is 10.1 Å². The number of ether oxygens (including phenoxy) is 1. The Morgan fingerprint density at radius 2 is 1.81 bits per heavy atom. The largest absolute Gasteiger partial charge is 0.492 e. The Bertz CT molecular complexity index is 751. The monoisotopic (exact) mass is 472 g/mol. The molecule has 0 aliphatic carbocycles. The first-order valence-corrected chi connectivity index (χ1v) is 8.73. The summed E-state index contributed by atoms with van der Waals surface area (Å²) in [6, 6.07) is 12.7. The van der Waals surface area contributed by atoms with Crippen LogP contribution in [0.1, 0.15) is 11.7 Å². The maximum atomic E-state index is 11.4. The summed E-state index contributed by atoms with van der Waals surface area (Å²) in [7, 11) is 0. The second-order valence-electron chi connectivity index (χ2n) is 5.40. The molecule has 0 bridgehead atoms. The van der Waals surface area contributed by atoms with Crippen molar-refractivity contribution in [2.24, 2.45) is 0 Å². The Labute approximate surface area is 163 Å². The Hall–Kier alpha value is -2.40. The Kier molecular flexibility index (Phi) is 7.16. The summed E-state index contributed by atoms with van der Waals surface area (Å²) < 4.78 is 6.57. The number of non-ortho nitro benzene ring substituents is 1. The summed E-state index contributed by atoms with van der Waals surface area (Å²) in [5.41, 5.74) is 0.308. The molecule has 138 valence electrons. The zero-order valence-corrected chi connectivity index (χ0v) is 15.8. The van der Waals surface area contributed by atoms with Crippen LogP contribution in [0.5, 0.6) is 5.75 Å². The van der Waals surface area contributed by atoms with Crippen LogP contribution in [-0.4, -0.2) is 45.8 Å². The highest BCUT2D eigenvalue weighted by Crippen LogP contribution is 2.19. The molecule has 9 heteroatoms. The lowest BCUT2D eigenvalue weighted by atomic mass is 10.1. The molecule has 0 aromatic heterocycles. The quantitative estimate of drug-likeness (QED) is 0.347. The van der Waals surface area contributed by atoms with Gasteiger partial charge in [0.25, 0.3) is 5.69 Å². The van der Waals surface area contributed by atoms with Crippen LogP contribution in [0.3, 0.4) is 0 Å². The molecule has 2 rings (SSSR count). The minimum absolute atomic E-state index is 0.0748. The predicted molar refractivity (Wildman–Crippen MR) is 102 cm³/mol. The van der Waals surface area contributed by atoms with Gasteiger partial charge in [-0.05, 0) is 64.6 Å². The summed E-state index contributed by atoms with van der Waals surface area (Å²) in [5.74, 6) is 0.631. The summed E-state index contributed by atoms with van der Waals surface area (Å²) in [6.07, 6.45) is -2.28. The molecule has 2 aromatic rings. The lowest BCUT2D eigenvalue weighted by Gasteiger charge is -2.22. The first-order valence-electron chi connectivity index (χ1n) is 7.65. The number of nitro benzene ring substituents is 1. The van der Waals surface area contributed by atoms with Gasteiger partial charge in [0, 0.05) is 15.7 Å². The van der Waals surface area contributed by atoms with Gasteiger partial charge in [-0.1, -0.05) is 0 Å². The highest BCUT2D eigenvalue weighted by atomic mass is 127. The number of rotatable bonds is 8. The van der Waals surface area contributed by atoms with Crippen molar-refractivity contribution >= 4 is 34.4 Å². The smallest absolute Gasteiger partial charge is 0.407 e. The molecule has 0 saturated carbocycles. The van der Waals surface area contributed by atoms with E-state index in [4.69, 9.17) is 4.74 Å². The van der Waals surface area contributed by atoms with Crippen LogP contribution < -0.4 is 4.74 Å². The van der Waals surface area contributed by atoms with E-state index in [1.54, 1.807) is 12.1 Å². The topological polar surface area (TPSA) is 113 Å². The number of aliphatic hydroxyl groups excluding tert-OH is 1. The fraction of sp³-hybridized carbons (Fsp3) is 0.235. The van der Waals surface area contributed by atoms with Gasteiger partial charge in [-0.2, -0.15) is 0 Å². The maximum Gasteiger partial charge on any atom is 0.407 e. The molecule has 26 heavy (non-hydrogen) atoms. The molecule has 0 aliphatic heterocycles. The van der Waals surface area contributed by atoms with Gasteiger partial charge in [-0.25, -0.2) is 4.79 Å². The van der Waals surface area contributed by atoms with Crippen molar-refractivity contribution in [3.63, 3.8) is 0 Å². The maximum absolute atomic E-state index is 11.4. The molecule has 8 nitrogen and oxygen atoms in total. The van der Waals surface area contributed by atoms with Crippen LogP contribution in [0.4, 0.5) is 10.5 Å². The third-order valence-electron chi connectivity index (χ3n) is 3.60. The van der Waals surface area contributed by atoms with Crippen molar-refractivity contribution in [3.8, 4) is 5.75 Å². The SMILES string of the molecule is O=C(O)N(CCOc1ccc(I)cc1)C[C@@H](O)c1ccc([N+](=O)[O-])cc1. The van der Waals surface area contributed by atoms with Crippen LogP contribution in [0.2, 0.25) is 0 Å². The minimum Gasteiger partial charge on any atom is -0.492 e. The molecule has 1 atom stereocenters. The van der Waals surface area contributed by atoms with Crippen molar-refractivity contribution in [2.45, 2.75) is 6.10 Å². The second kappa shape index (κ2) is 9.34. The average Bonchev–Trinajstić information content (AvgIpc) is 2.62. The number of carbonyl (C=O) groups is 1. The van der Waals surface area contributed by atoms with E-state index >= 15 is 0 Å². The lowest BCUT2D eigenvalue weighted by Crippen LogP contribution is -2.36. The Balaban J connectivity index is 1.91. The zero-order valence-electron chi connectivity index (χ0n) is 13.6. The van der Waals surface area contributed by atoms with Gasteiger partial charge in [0.15, 0.2) is 0 Å². The highest BCUT2D eigenvalue weighted by molar-refractivity contribution is 14.1. The number of nitro groups is 1. The average molecular weight is 472 g/mol. The zero-order chi connectivity index (χ0) is 19.1. The summed E-state index contributed by atoms with van der Waals surface area (Å²) in [6.45, 7) is 0.0500. The van der Waals surface area contributed by atoms with E-state index in [0.29, 0.717) is 11.3 Å². The highest BCUT2D eigenvalue weighted by Gasteiger charge is 2.18. The van der Waals surface area contributed by atoms with Gasteiger partial charge in [0.05, 0.1) is 24.1 Å². The van der Waals surface area contributed by atoms with E-state index in [1.165, 1.54) is 24.3 Å². The first kappa shape index (κ1) is 19.9. The summed E-state index contributed by atoms with van der Waals surface area (Å²) in [4.78, 5) is 22.5. The summed E-state index contributed by atoms with van der Waals surface area (Å²) in [5, 5.41) is 30.1. The van der Waals surface area contributed by atoms with Crippen molar-refractivity contribution < 1.29 is 24.7 Å². The third-order valence-corrected chi connectivity index (χ3v) is 4.32. The van der Waals surface area contributed by atoms with E-state index < -0.39 is 17.1 Å². The van der Waals surface area contributed by atoms with E-state index in [1.807, 2.05) is 12.1 Å². The van der Waals surface area contributed by atoms with E-state index in [9.17, 15) is 25.1 Å². The molecule has 0 spiro atoms. The molecular weight excluding hydrogens is 455 g/mol. The van der Waals surface area contributed by atoms with Gasteiger partial charge < -0.3 is 19.8 Å². The second-order valence-corrected chi connectivity index (χ2v) is 6.64. The lowest BCUT2D eigenvalue weighted by molar-refractivity contribution is -0.384. The molecule has 1 amide bonds. The molecule has 0 aliphatic rings. The fourth-order valence-electron chi connectivity index (χ4n) is 2.20. The molecule has 0 saturated heterocycles. The molecule has 0 radical (unpaired) electrons. The van der Waals surface area contributed by atoms with Crippen LogP contribution in [-0.2, 0) is 0 Å². The van der Waals surface area contributed by atoms with Crippen LogP contribution >= 0.6 is 22.6 Å². The number of hydrogen-bond donors (Lipinski definition) is 2. The molecular formula is C17H17IN2O6. The van der Waals surface area contributed by atoms with Crippen LogP contribution in [0.25, 0.3) is 0 Å². The first-order chi connectivity index (χ1) is 12.4. The third kappa shape index (κ3) is 5.85. The van der Waals surface area contributed by atoms with Crippen LogP contribution in [0.15, 0.2) is 48.5 Å². The molecule has 2 N–H and O–H groups in total. The van der Waals surface area contributed by atoms with Crippen molar-refractivity contribution in [2.75, 3.05) is 19.7 Å². The minimum atomic E-state index is -1.18. The van der Waals surface area contributed by atoms with Crippen molar-refractivity contribution in [1.29, 1.82) is 0 Å². The number of amides is 1. The van der Waals surface area contributed by atoms with Gasteiger partial charge >= 0.3 is 6.09 Å². The van der Waals surface area contributed by atoms with Crippen molar-refractivity contribution in [1.82, 2.24) is 4.90 Å². The van der Waals surface area contributed by atoms with Crippen LogP contribution in [0, 0.1) is 13.7 Å². The van der Waals surface area contributed by atoms with E-state index in [-0.39, 0.29) is 25.4 Å². The normalized spacial score (nSPS) is 11.6. The van der Waals surface area contributed by atoms with Gasteiger partial charge in [0.2, 0.25) is 0 Å². The fourth-order valence-corrected chi connectivity index (χ4v) is 2.56. The van der Waals surface area contributed by atoms with Gasteiger partial charge in [0.1, 0.15) is 12.4 Å². The predicted octanol–water partition coefficient (Wildman–Crippen LogP) is 3.29. The molecule has 0 fully saturated rings. The molecule has 2 aromatic carbocycles. The van der Waals surface area contributed by atoms with E-state index in [2.05, 4.69) is 22.6 Å². The number of hydrogen-bond acceptors (Lipinski definition) is 5. The number of halogens is 1. The standard InChI is InChI=1S/C17H17IN2O6/c18-13-3-7-15(8-4-13)26-10-9-19(17(22)23)11-16(21)12-1-5-14(6-2-12)20(24)25/h1-8,16,21H,9-11H2,(H,22,23)/t16-/m1/s1. The molecule has 0 heterocycles. The Morgan fingerprint density at radius 3 is 2.35 bits per heavy atom. The number of aliphatic hydroxyl groups is 1. The Morgan fingerprint density at radius 1 is 1.19 bits per heavy atom. The molecule has 0 unspecified atom stereocenters. The number of nitrogens with zero attached hydrogens (tertiary/aromatic N) is 2. The van der Waals surface area contributed by atoms with Gasteiger partial charge in [-0.15, -0.1) is 0 Å². The van der Waals surface area contributed by atoms with E-state index in [0.717, 1.165) is 8.47 Å². The number of carboxylic acid groups (broad SMARTS) is 1. The number of benzene rings is 2.